The van der Waals surface area contributed by atoms with Crippen molar-refractivity contribution in [3.63, 3.8) is 0 Å². The molecule has 0 radical (unpaired) electrons. The number of aryl methyl sites for hydroxylation is 1. The van der Waals surface area contributed by atoms with Crippen molar-refractivity contribution in [3.8, 4) is 0 Å². The third kappa shape index (κ3) is 7.96. The summed E-state index contributed by atoms with van der Waals surface area (Å²) in [6.45, 7) is 8.46. The van der Waals surface area contributed by atoms with Gasteiger partial charge in [-0.25, -0.2) is 0 Å². The standard InChI is InChI=1S/C31H37ClN2O2/c1-22(2)26-17-14-24(15-18-26)16-19-30(35)34(21-27-12-8-9-13-28(27)32)29(31(36)33-23(3)4)20-25-10-6-5-7-11-25/h5-15,17-18,22-23,29H,16,19-21H2,1-4H3,(H,33,36). The fraction of sp³-hybridized carbons (Fsp3) is 0.355. The van der Waals surface area contributed by atoms with Crippen LogP contribution >= 0.6 is 11.6 Å². The van der Waals surface area contributed by atoms with E-state index in [9.17, 15) is 9.59 Å². The van der Waals surface area contributed by atoms with Gasteiger partial charge in [-0.15, -0.1) is 0 Å². The molecule has 0 spiro atoms. The smallest absolute Gasteiger partial charge is 0.243 e. The number of hydrogen-bond acceptors (Lipinski definition) is 2. The summed E-state index contributed by atoms with van der Waals surface area (Å²) in [5.74, 6) is 0.239. The highest BCUT2D eigenvalue weighted by molar-refractivity contribution is 6.31. The Morgan fingerprint density at radius 2 is 1.47 bits per heavy atom. The molecule has 0 saturated heterocycles. The summed E-state index contributed by atoms with van der Waals surface area (Å²) in [5.41, 5.74) is 4.21. The van der Waals surface area contributed by atoms with Crippen LogP contribution in [-0.2, 0) is 29.0 Å². The molecule has 0 aromatic heterocycles. The van der Waals surface area contributed by atoms with Crippen molar-refractivity contribution in [2.45, 2.75) is 71.5 Å². The molecule has 1 atom stereocenters. The molecule has 0 bridgehead atoms. The fourth-order valence-electron chi connectivity index (χ4n) is 4.21. The van der Waals surface area contributed by atoms with Gasteiger partial charge in [-0.3, -0.25) is 9.59 Å². The quantitative estimate of drug-likeness (QED) is 0.321. The molecule has 3 aromatic rings. The molecule has 1 unspecified atom stereocenters. The van der Waals surface area contributed by atoms with Gasteiger partial charge in [0.15, 0.2) is 0 Å². The second-order valence-electron chi connectivity index (χ2n) is 9.88. The molecule has 0 aliphatic heterocycles. The second kappa shape index (κ2) is 13.3. The molecule has 0 saturated carbocycles. The van der Waals surface area contributed by atoms with E-state index in [1.54, 1.807) is 4.90 Å². The van der Waals surface area contributed by atoms with E-state index in [1.165, 1.54) is 5.56 Å². The van der Waals surface area contributed by atoms with E-state index in [1.807, 2.05) is 68.4 Å². The van der Waals surface area contributed by atoms with Crippen molar-refractivity contribution in [1.82, 2.24) is 10.2 Å². The first-order valence-corrected chi connectivity index (χ1v) is 13.1. The van der Waals surface area contributed by atoms with Crippen molar-refractivity contribution in [1.29, 1.82) is 0 Å². The molecule has 36 heavy (non-hydrogen) atoms. The van der Waals surface area contributed by atoms with Gasteiger partial charge in [0.25, 0.3) is 0 Å². The molecule has 0 heterocycles. The Kier molecular flexibility index (Phi) is 10.1. The van der Waals surface area contributed by atoms with Crippen LogP contribution in [0.25, 0.3) is 0 Å². The normalized spacial score (nSPS) is 12.0. The van der Waals surface area contributed by atoms with E-state index in [4.69, 9.17) is 11.6 Å². The first kappa shape index (κ1) is 27.5. The zero-order chi connectivity index (χ0) is 26.1. The third-order valence-corrected chi connectivity index (χ3v) is 6.64. The largest absolute Gasteiger partial charge is 0.352 e. The number of benzene rings is 3. The average molecular weight is 505 g/mol. The number of halogens is 1. The summed E-state index contributed by atoms with van der Waals surface area (Å²) in [7, 11) is 0. The zero-order valence-corrected chi connectivity index (χ0v) is 22.5. The Morgan fingerprint density at radius 3 is 2.08 bits per heavy atom. The molecular weight excluding hydrogens is 468 g/mol. The van der Waals surface area contributed by atoms with Gasteiger partial charge in [-0.1, -0.05) is 98.2 Å². The molecule has 2 amide bonds. The zero-order valence-electron chi connectivity index (χ0n) is 21.7. The van der Waals surface area contributed by atoms with E-state index in [-0.39, 0.29) is 24.4 Å². The maximum absolute atomic E-state index is 13.7. The van der Waals surface area contributed by atoms with Crippen LogP contribution in [0.4, 0.5) is 0 Å². The van der Waals surface area contributed by atoms with Crippen LogP contribution in [0.3, 0.4) is 0 Å². The molecule has 5 heteroatoms. The highest BCUT2D eigenvalue weighted by Crippen LogP contribution is 2.22. The van der Waals surface area contributed by atoms with Gasteiger partial charge < -0.3 is 10.2 Å². The molecule has 4 nitrogen and oxygen atoms in total. The van der Waals surface area contributed by atoms with E-state index < -0.39 is 6.04 Å². The van der Waals surface area contributed by atoms with Gasteiger partial charge in [0.2, 0.25) is 11.8 Å². The summed E-state index contributed by atoms with van der Waals surface area (Å²) >= 11 is 6.48. The lowest BCUT2D eigenvalue weighted by Crippen LogP contribution is -2.51. The van der Waals surface area contributed by atoms with Crippen molar-refractivity contribution in [3.05, 3.63) is 106 Å². The summed E-state index contributed by atoms with van der Waals surface area (Å²) in [6, 6.07) is 25.1. The van der Waals surface area contributed by atoms with Gasteiger partial charge in [-0.2, -0.15) is 0 Å². The van der Waals surface area contributed by atoms with E-state index >= 15 is 0 Å². The minimum Gasteiger partial charge on any atom is -0.352 e. The van der Waals surface area contributed by atoms with Gasteiger partial charge >= 0.3 is 0 Å². The summed E-state index contributed by atoms with van der Waals surface area (Å²) in [6.07, 6.45) is 1.35. The summed E-state index contributed by atoms with van der Waals surface area (Å²) in [4.78, 5) is 28.9. The lowest BCUT2D eigenvalue weighted by Gasteiger charge is -2.32. The molecule has 1 N–H and O–H groups in total. The van der Waals surface area contributed by atoms with Gasteiger partial charge in [0, 0.05) is 30.5 Å². The number of nitrogens with zero attached hydrogens (tertiary/aromatic N) is 1. The van der Waals surface area contributed by atoms with Crippen LogP contribution in [0.1, 0.15) is 62.3 Å². The van der Waals surface area contributed by atoms with Crippen LogP contribution < -0.4 is 5.32 Å². The number of rotatable bonds is 11. The minimum absolute atomic E-state index is 0.0347. The molecule has 3 rings (SSSR count). The number of carbonyl (C=O) groups excluding carboxylic acids is 2. The van der Waals surface area contributed by atoms with Crippen molar-refractivity contribution in [2.24, 2.45) is 0 Å². The molecule has 0 aliphatic carbocycles. The monoisotopic (exact) mass is 504 g/mol. The maximum Gasteiger partial charge on any atom is 0.243 e. The maximum atomic E-state index is 13.7. The van der Waals surface area contributed by atoms with E-state index in [0.29, 0.717) is 30.2 Å². The molecular formula is C31H37ClN2O2. The van der Waals surface area contributed by atoms with Gasteiger partial charge in [-0.05, 0) is 54.5 Å². The SMILES string of the molecule is CC(C)NC(=O)C(Cc1ccccc1)N(Cc1ccccc1Cl)C(=O)CCc1ccc(C(C)C)cc1. The van der Waals surface area contributed by atoms with Crippen molar-refractivity contribution in [2.75, 3.05) is 0 Å². The number of nitrogens with one attached hydrogen (secondary N) is 1. The number of hydrogen-bond donors (Lipinski definition) is 1. The Morgan fingerprint density at radius 1 is 0.833 bits per heavy atom. The van der Waals surface area contributed by atoms with Crippen LogP contribution in [0.5, 0.6) is 0 Å². The average Bonchev–Trinajstić information content (AvgIpc) is 2.86. The Labute approximate surface area is 220 Å². The lowest BCUT2D eigenvalue weighted by molar-refractivity contribution is -0.141. The first-order chi connectivity index (χ1) is 17.2. The van der Waals surface area contributed by atoms with Crippen molar-refractivity contribution < 1.29 is 9.59 Å². The topological polar surface area (TPSA) is 49.4 Å². The lowest BCUT2D eigenvalue weighted by atomic mass is 9.99. The Bertz CT molecular complexity index is 1130. The van der Waals surface area contributed by atoms with Crippen LogP contribution in [0, 0.1) is 0 Å². The van der Waals surface area contributed by atoms with Gasteiger partial charge in [0.1, 0.15) is 6.04 Å². The number of amides is 2. The first-order valence-electron chi connectivity index (χ1n) is 12.7. The van der Waals surface area contributed by atoms with Gasteiger partial charge in [0.05, 0.1) is 0 Å². The minimum atomic E-state index is -0.651. The van der Waals surface area contributed by atoms with Crippen LogP contribution in [-0.4, -0.2) is 28.8 Å². The second-order valence-corrected chi connectivity index (χ2v) is 10.3. The summed E-state index contributed by atoms with van der Waals surface area (Å²) < 4.78 is 0. The highest BCUT2D eigenvalue weighted by Gasteiger charge is 2.30. The fourth-order valence-corrected chi connectivity index (χ4v) is 4.40. The molecule has 0 fully saturated rings. The molecule has 0 aliphatic rings. The predicted octanol–water partition coefficient (Wildman–Crippen LogP) is 6.56. The van der Waals surface area contributed by atoms with Crippen molar-refractivity contribution >= 4 is 23.4 Å². The van der Waals surface area contributed by atoms with E-state index in [0.717, 1.165) is 16.7 Å². The highest BCUT2D eigenvalue weighted by atomic mass is 35.5. The summed E-state index contributed by atoms with van der Waals surface area (Å²) in [5, 5.41) is 3.61. The molecule has 3 aromatic carbocycles. The number of carbonyl (C=O) groups is 2. The van der Waals surface area contributed by atoms with Crippen LogP contribution in [0.2, 0.25) is 5.02 Å². The Hall–Kier alpha value is -3.11. The molecule has 190 valence electrons. The van der Waals surface area contributed by atoms with E-state index in [2.05, 4.69) is 43.4 Å². The van der Waals surface area contributed by atoms with Crippen LogP contribution in [0.15, 0.2) is 78.9 Å². The predicted molar refractivity (Wildman–Crippen MR) is 148 cm³/mol. The third-order valence-electron chi connectivity index (χ3n) is 6.27. The Balaban J connectivity index is 1.89.